The maximum Gasteiger partial charge on any atom is 0.323 e. The SMILES string of the molecule is CNCCOc1nc(F)nc(Nc2ccc(Br)c3c2C(=O)c2cccc4snc-3c24)n1. The summed E-state index contributed by atoms with van der Waals surface area (Å²) in [6.07, 6.45) is -0.985. The van der Waals surface area contributed by atoms with E-state index in [1.54, 1.807) is 25.2 Å². The Hall–Kier alpha value is -3.02. The standard InChI is InChI=1S/C20H14BrFN6O2S/c1-23-7-8-30-20-26-18(22)25-19(27-20)24-11-6-5-10(21)14-15(11)17(29)9-3-2-4-12-13(9)16(14)28-31-12/h2-6,23H,7-8H2,1H3,(H,24,25,26,27). The molecule has 156 valence electrons. The number of ether oxygens (including phenoxy) is 1. The Morgan fingerprint density at radius 2 is 2.03 bits per heavy atom. The zero-order valence-corrected chi connectivity index (χ0v) is 18.5. The number of likely N-dealkylation sites (N-methyl/N-ethyl adjacent to an activating group) is 1. The van der Waals surface area contributed by atoms with Crippen LogP contribution in [0.2, 0.25) is 0 Å². The summed E-state index contributed by atoms with van der Waals surface area (Å²) in [5.74, 6) is -0.219. The van der Waals surface area contributed by atoms with E-state index >= 15 is 0 Å². The number of anilines is 2. The maximum atomic E-state index is 13.9. The summed E-state index contributed by atoms with van der Waals surface area (Å²) in [6, 6.07) is 8.93. The van der Waals surface area contributed by atoms with Crippen LogP contribution < -0.4 is 15.4 Å². The smallest absolute Gasteiger partial charge is 0.323 e. The second-order valence-electron chi connectivity index (χ2n) is 6.67. The molecule has 4 aromatic rings. The lowest BCUT2D eigenvalue weighted by Crippen LogP contribution is -2.17. The second kappa shape index (κ2) is 7.91. The predicted octanol–water partition coefficient (Wildman–Crippen LogP) is 3.94. The molecule has 8 nitrogen and oxygen atoms in total. The Morgan fingerprint density at radius 1 is 1.16 bits per heavy atom. The molecular weight excluding hydrogens is 487 g/mol. The first-order valence-electron chi connectivity index (χ1n) is 9.29. The predicted molar refractivity (Wildman–Crippen MR) is 119 cm³/mol. The van der Waals surface area contributed by atoms with Gasteiger partial charge in [0.1, 0.15) is 6.61 Å². The zero-order valence-electron chi connectivity index (χ0n) is 16.1. The molecule has 1 aliphatic carbocycles. The minimum Gasteiger partial charge on any atom is -0.462 e. The number of nitrogens with one attached hydrogen (secondary N) is 2. The van der Waals surface area contributed by atoms with Crippen molar-refractivity contribution in [3.8, 4) is 17.3 Å². The number of carbonyl (C=O) groups is 1. The number of fused-ring (bicyclic) bond motifs is 2. The molecule has 2 heterocycles. The summed E-state index contributed by atoms with van der Waals surface area (Å²) in [5, 5.41) is 6.71. The monoisotopic (exact) mass is 500 g/mol. The topological polar surface area (TPSA) is 102 Å². The fraction of sp³-hybridized carbons (Fsp3) is 0.150. The lowest BCUT2D eigenvalue weighted by Gasteiger charge is -2.20. The van der Waals surface area contributed by atoms with E-state index in [2.05, 4.69) is 45.9 Å². The molecule has 0 spiro atoms. The van der Waals surface area contributed by atoms with Crippen LogP contribution in [0, 0.1) is 6.08 Å². The Bertz CT molecular complexity index is 1340. The summed E-state index contributed by atoms with van der Waals surface area (Å²) in [6.45, 7) is 0.814. The van der Waals surface area contributed by atoms with E-state index in [0.29, 0.717) is 28.9 Å². The van der Waals surface area contributed by atoms with Crippen LogP contribution in [0.3, 0.4) is 0 Å². The van der Waals surface area contributed by atoms with Crippen molar-refractivity contribution in [3.05, 3.63) is 52.0 Å². The minimum atomic E-state index is -0.985. The fourth-order valence-electron chi connectivity index (χ4n) is 3.45. The number of rotatable bonds is 6. The molecule has 0 radical (unpaired) electrons. The highest BCUT2D eigenvalue weighted by atomic mass is 79.9. The number of hydrogen-bond donors (Lipinski definition) is 2. The second-order valence-corrected chi connectivity index (χ2v) is 8.33. The van der Waals surface area contributed by atoms with Crippen LogP contribution >= 0.6 is 27.5 Å². The number of hydrogen-bond acceptors (Lipinski definition) is 9. The molecule has 1 aliphatic rings. The Kier molecular flexibility index (Phi) is 5.08. The van der Waals surface area contributed by atoms with E-state index in [4.69, 9.17) is 4.74 Å². The Balaban J connectivity index is 1.59. The van der Waals surface area contributed by atoms with Crippen molar-refractivity contribution in [2.75, 3.05) is 25.5 Å². The Morgan fingerprint density at radius 3 is 2.87 bits per heavy atom. The molecule has 0 saturated heterocycles. The van der Waals surface area contributed by atoms with E-state index < -0.39 is 6.08 Å². The zero-order chi connectivity index (χ0) is 21.5. The molecule has 31 heavy (non-hydrogen) atoms. The van der Waals surface area contributed by atoms with Crippen molar-refractivity contribution < 1.29 is 13.9 Å². The van der Waals surface area contributed by atoms with Gasteiger partial charge in [0.2, 0.25) is 5.95 Å². The molecule has 11 heteroatoms. The normalized spacial score (nSPS) is 12.2. The molecular formula is C20H14BrFN6O2S. The van der Waals surface area contributed by atoms with Gasteiger partial charge in [-0.25, -0.2) is 0 Å². The molecule has 0 bridgehead atoms. The van der Waals surface area contributed by atoms with Crippen LogP contribution in [-0.4, -0.2) is 45.3 Å². The number of halogens is 2. The van der Waals surface area contributed by atoms with Crippen LogP contribution in [0.25, 0.3) is 21.3 Å². The molecule has 2 N–H and O–H groups in total. The third kappa shape index (κ3) is 3.44. The summed E-state index contributed by atoms with van der Waals surface area (Å²) < 4.78 is 25.6. The van der Waals surface area contributed by atoms with Crippen molar-refractivity contribution in [3.63, 3.8) is 0 Å². The average molecular weight is 501 g/mol. The molecule has 0 saturated carbocycles. The highest BCUT2D eigenvalue weighted by molar-refractivity contribution is 9.10. The first-order valence-corrected chi connectivity index (χ1v) is 10.9. The van der Waals surface area contributed by atoms with Crippen LogP contribution in [-0.2, 0) is 0 Å². The van der Waals surface area contributed by atoms with Gasteiger partial charge in [-0.1, -0.05) is 28.1 Å². The van der Waals surface area contributed by atoms with E-state index in [1.807, 2.05) is 12.1 Å². The molecule has 5 rings (SSSR count). The summed E-state index contributed by atoms with van der Waals surface area (Å²) in [7, 11) is 1.77. The van der Waals surface area contributed by atoms with Gasteiger partial charge in [0.15, 0.2) is 5.78 Å². The van der Waals surface area contributed by atoms with E-state index in [0.717, 1.165) is 20.3 Å². The van der Waals surface area contributed by atoms with Crippen LogP contribution in [0.4, 0.5) is 16.0 Å². The molecule has 0 amide bonds. The van der Waals surface area contributed by atoms with Gasteiger partial charge in [0, 0.05) is 27.5 Å². The number of carbonyl (C=O) groups excluding carboxylic acids is 1. The van der Waals surface area contributed by atoms with Gasteiger partial charge >= 0.3 is 12.1 Å². The van der Waals surface area contributed by atoms with E-state index in [1.165, 1.54) is 11.5 Å². The minimum absolute atomic E-state index is 0.0634. The van der Waals surface area contributed by atoms with Gasteiger partial charge in [-0.05, 0) is 36.8 Å². The van der Waals surface area contributed by atoms with Gasteiger partial charge in [0.05, 0.1) is 21.6 Å². The van der Waals surface area contributed by atoms with Gasteiger partial charge in [0.25, 0.3) is 0 Å². The van der Waals surface area contributed by atoms with Crippen molar-refractivity contribution in [1.82, 2.24) is 24.6 Å². The van der Waals surface area contributed by atoms with Gasteiger partial charge in [-0.3, -0.25) is 4.79 Å². The number of benzene rings is 2. The highest BCUT2D eigenvalue weighted by Crippen LogP contribution is 2.46. The first kappa shape index (κ1) is 19.9. The third-order valence-corrected chi connectivity index (χ3v) is 6.25. The molecule has 0 fully saturated rings. The quantitative estimate of drug-likeness (QED) is 0.338. The number of nitrogens with zero attached hydrogens (tertiary/aromatic N) is 4. The Labute approximate surface area is 188 Å². The van der Waals surface area contributed by atoms with Gasteiger partial charge in [-0.15, -0.1) is 4.98 Å². The highest BCUT2D eigenvalue weighted by Gasteiger charge is 2.31. The maximum absolute atomic E-state index is 13.9. The van der Waals surface area contributed by atoms with Crippen molar-refractivity contribution in [1.29, 1.82) is 0 Å². The van der Waals surface area contributed by atoms with Crippen LogP contribution in [0.1, 0.15) is 15.9 Å². The summed E-state index contributed by atoms with van der Waals surface area (Å²) in [5.41, 5.74) is 2.84. The van der Waals surface area contributed by atoms with Crippen LogP contribution in [0.5, 0.6) is 6.01 Å². The number of ketones is 1. The molecule has 0 atom stereocenters. The van der Waals surface area contributed by atoms with Gasteiger partial charge < -0.3 is 15.4 Å². The lowest BCUT2D eigenvalue weighted by atomic mass is 9.86. The van der Waals surface area contributed by atoms with Gasteiger partial charge in [-0.2, -0.15) is 18.7 Å². The van der Waals surface area contributed by atoms with Crippen molar-refractivity contribution in [2.45, 2.75) is 0 Å². The summed E-state index contributed by atoms with van der Waals surface area (Å²) >= 11 is 4.89. The summed E-state index contributed by atoms with van der Waals surface area (Å²) in [4.78, 5) is 24.8. The fourth-order valence-corrected chi connectivity index (χ4v) is 4.78. The third-order valence-electron chi connectivity index (χ3n) is 4.78. The average Bonchev–Trinajstić information content (AvgIpc) is 3.18. The number of aromatic nitrogens is 4. The molecule has 0 unspecified atom stereocenters. The molecule has 0 aliphatic heterocycles. The molecule has 2 aromatic carbocycles. The lowest BCUT2D eigenvalue weighted by molar-refractivity contribution is 0.104. The van der Waals surface area contributed by atoms with Crippen molar-refractivity contribution >= 4 is 55.0 Å². The first-order chi connectivity index (χ1) is 15.1. The molecule has 2 aromatic heterocycles. The van der Waals surface area contributed by atoms with E-state index in [9.17, 15) is 9.18 Å². The largest absolute Gasteiger partial charge is 0.462 e. The van der Waals surface area contributed by atoms with E-state index in [-0.39, 0.29) is 24.3 Å². The van der Waals surface area contributed by atoms with Crippen molar-refractivity contribution in [2.24, 2.45) is 0 Å². The van der Waals surface area contributed by atoms with Crippen LogP contribution in [0.15, 0.2) is 34.8 Å².